The molecule has 0 nitrogen and oxygen atoms in total. The van der Waals surface area contributed by atoms with Crippen LogP contribution in [0.3, 0.4) is 0 Å². The van der Waals surface area contributed by atoms with Crippen molar-refractivity contribution in [2.24, 2.45) is 5.92 Å². The van der Waals surface area contributed by atoms with Gasteiger partial charge in [-0.3, -0.25) is 0 Å². The fourth-order valence-corrected chi connectivity index (χ4v) is 3.57. The van der Waals surface area contributed by atoms with Gasteiger partial charge < -0.3 is 0 Å². The summed E-state index contributed by atoms with van der Waals surface area (Å²) in [6, 6.07) is 0. The summed E-state index contributed by atoms with van der Waals surface area (Å²) in [6.07, 6.45) is 27.8. The Balaban J connectivity index is 3.11. The van der Waals surface area contributed by atoms with Crippen molar-refractivity contribution in [3.63, 3.8) is 0 Å². The molecular weight excluding hydrogens is 276 g/mol. The molecule has 0 N–H and O–H groups in total. The molecule has 0 aliphatic heterocycles. The Morgan fingerprint density at radius 2 is 0.652 bits per heavy atom. The van der Waals surface area contributed by atoms with Crippen LogP contribution in [0.1, 0.15) is 143 Å². The minimum Gasteiger partial charge on any atom is -0.0654 e. The van der Waals surface area contributed by atoms with Crippen LogP contribution in [0, 0.1) is 5.92 Å². The number of unbranched alkanes of at least 4 members (excludes halogenated alkanes) is 15. The lowest BCUT2D eigenvalue weighted by Gasteiger charge is -2.11. The van der Waals surface area contributed by atoms with Gasteiger partial charge in [-0.1, -0.05) is 143 Å². The molecule has 0 saturated heterocycles. The van der Waals surface area contributed by atoms with Crippen LogP contribution in [0.4, 0.5) is 0 Å². The van der Waals surface area contributed by atoms with Gasteiger partial charge in [-0.2, -0.15) is 0 Å². The Morgan fingerprint density at radius 3 is 0.957 bits per heavy atom. The zero-order chi connectivity index (χ0) is 17.0. The fourth-order valence-electron chi connectivity index (χ4n) is 3.57. The highest BCUT2D eigenvalue weighted by atomic mass is 14.1. The minimum absolute atomic E-state index is 0.972. The van der Waals surface area contributed by atoms with Crippen molar-refractivity contribution in [2.45, 2.75) is 143 Å². The van der Waals surface area contributed by atoms with E-state index in [0.29, 0.717) is 0 Å². The molecule has 0 saturated carbocycles. The molecule has 0 spiro atoms. The third-order valence-electron chi connectivity index (χ3n) is 5.35. The summed E-state index contributed by atoms with van der Waals surface area (Å²) in [7, 11) is 0. The van der Waals surface area contributed by atoms with Crippen LogP contribution in [0.2, 0.25) is 0 Å². The highest BCUT2D eigenvalue weighted by Crippen LogP contribution is 2.19. The van der Waals surface area contributed by atoms with Crippen molar-refractivity contribution in [2.75, 3.05) is 0 Å². The first-order chi connectivity index (χ1) is 11.3. The zero-order valence-electron chi connectivity index (χ0n) is 17.0. The van der Waals surface area contributed by atoms with E-state index in [-0.39, 0.29) is 0 Å². The van der Waals surface area contributed by atoms with Crippen molar-refractivity contribution in [3.05, 3.63) is 0 Å². The molecule has 23 heavy (non-hydrogen) atoms. The van der Waals surface area contributed by atoms with E-state index in [9.17, 15) is 0 Å². The summed E-state index contributed by atoms with van der Waals surface area (Å²) in [6.45, 7) is 7.08. The molecule has 0 fully saturated rings. The highest BCUT2D eigenvalue weighted by Gasteiger charge is 2.02. The maximum absolute atomic E-state index is 2.48. The standard InChI is InChI=1S/C23H48/c1-4-6-8-10-12-14-16-18-20-22-23(3)21-19-17-15-13-11-9-7-5-2/h23H,4-22H2,1-3H3. The monoisotopic (exact) mass is 324 g/mol. The topological polar surface area (TPSA) is 0 Å². The molecule has 0 aromatic heterocycles. The third kappa shape index (κ3) is 20.0. The SMILES string of the molecule is CCCCCCCCCCCC(C)CCCCCCCCCC. The predicted molar refractivity (Wildman–Crippen MR) is 108 cm³/mol. The second-order valence-electron chi connectivity index (χ2n) is 7.99. The summed E-state index contributed by atoms with van der Waals surface area (Å²) >= 11 is 0. The van der Waals surface area contributed by atoms with E-state index in [1.807, 2.05) is 0 Å². The molecule has 1 unspecified atom stereocenters. The maximum Gasteiger partial charge on any atom is -0.0443 e. The summed E-state index contributed by atoms with van der Waals surface area (Å²) in [5.74, 6) is 0.972. The normalized spacial score (nSPS) is 12.7. The van der Waals surface area contributed by atoms with Gasteiger partial charge in [0.15, 0.2) is 0 Å². The quantitative estimate of drug-likeness (QED) is 0.208. The number of hydrogen-bond acceptors (Lipinski definition) is 0. The second-order valence-corrected chi connectivity index (χ2v) is 7.99. The van der Waals surface area contributed by atoms with Gasteiger partial charge >= 0.3 is 0 Å². The second kappa shape index (κ2) is 20.0. The Hall–Kier alpha value is 0. The summed E-state index contributed by atoms with van der Waals surface area (Å²) in [4.78, 5) is 0. The summed E-state index contributed by atoms with van der Waals surface area (Å²) in [5, 5.41) is 0. The third-order valence-corrected chi connectivity index (χ3v) is 5.35. The molecule has 0 heteroatoms. The molecule has 0 bridgehead atoms. The van der Waals surface area contributed by atoms with Crippen molar-refractivity contribution >= 4 is 0 Å². The summed E-state index contributed by atoms with van der Waals surface area (Å²) < 4.78 is 0. The van der Waals surface area contributed by atoms with Crippen LogP contribution in [0.5, 0.6) is 0 Å². The lowest BCUT2D eigenvalue weighted by Crippen LogP contribution is -1.95. The number of rotatable bonds is 19. The van der Waals surface area contributed by atoms with E-state index in [2.05, 4.69) is 20.8 Å². The molecule has 0 aliphatic carbocycles. The zero-order valence-corrected chi connectivity index (χ0v) is 17.0. The molecule has 0 amide bonds. The van der Waals surface area contributed by atoms with Gasteiger partial charge in [0.2, 0.25) is 0 Å². The summed E-state index contributed by atoms with van der Waals surface area (Å²) in [5.41, 5.74) is 0. The Bertz CT molecular complexity index is 196. The lowest BCUT2D eigenvalue weighted by molar-refractivity contribution is 0.430. The van der Waals surface area contributed by atoms with Gasteiger partial charge in [0.1, 0.15) is 0 Å². The van der Waals surface area contributed by atoms with E-state index in [1.165, 1.54) is 122 Å². The fraction of sp³-hybridized carbons (Fsp3) is 1.00. The largest absolute Gasteiger partial charge is 0.0654 e. The van der Waals surface area contributed by atoms with Crippen LogP contribution in [-0.2, 0) is 0 Å². The van der Waals surface area contributed by atoms with Crippen LogP contribution in [0.25, 0.3) is 0 Å². The van der Waals surface area contributed by atoms with Crippen molar-refractivity contribution in [3.8, 4) is 0 Å². The molecule has 0 aromatic carbocycles. The molecule has 0 heterocycles. The van der Waals surface area contributed by atoms with Gasteiger partial charge in [-0.15, -0.1) is 0 Å². The van der Waals surface area contributed by atoms with Gasteiger partial charge in [-0.25, -0.2) is 0 Å². The van der Waals surface area contributed by atoms with Gasteiger partial charge in [0.25, 0.3) is 0 Å². The Kier molecular flexibility index (Phi) is 20.0. The van der Waals surface area contributed by atoms with Crippen LogP contribution < -0.4 is 0 Å². The van der Waals surface area contributed by atoms with E-state index >= 15 is 0 Å². The van der Waals surface area contributed by atoms with E-state index in [1.54, 1.807) is 0 Å². The van der Waals surface area contributed by atoms with Gasteiger partial charge in [0, 0.05) is 0 Å². The minimum atomic E-state index is 0.972. The molecule has 0 radical (unpaired) electrons. The molecule has 0 aliphatic rings. The molecule has 140 valence electrons. The lowest BCUT2D eigenvalue weighted by atomic mass is 9.95. The van der Waals surface area contributed by atoms with Crippen molar-refractivity contribution in [1.82, 2.24) is 0 Å². The van der Waals surface area contributed by atoms with Crippen molar-refractivity contribution < 1.29 is 0 Å². The Morgan fingerprint density at radius 1 is 0.391 bits per heavy atom. The number of hydrogen-bond donors (Lipinski definition) is 0. The maximum atomic E-state index is 2.48. The van der Waals surface area contributed by atoms with Crippen LogP contribution >= 0.6 is 0 Å². The van der Waals surface area contributed by atoms with Gasteiger partial charge in [0.05, 0.1) is 0 Å². The highest BCUT2D eigenvalue weighted by molar-refractivity contribution is 4.56. The predicted octanol–water partition coefficient (Wildman–Crippen LogP) is 9.07. The average Bonchev–Trinajstić information content (AvgIpc) is 2.56. The first-order valence-electron chi connectivity index (χ1n) is 11.3. The Labute approximate surface area is 149 Å². The molecule has 0 aromatic rings. The van der Waals surface area contributed by atoms with Crippen LogP contribution in [0.15, 0.2) is 0 Å². The van der Waals surface area contributed by atoms with E-state index < -0.39 is 0 Å². The van der Waals surface area contributed by atoms with E-state index in [0.717, 1.165) is 5.92 Å². The van der Waals surface area contributed by atoms with Crippen molar-refractivity contribution in [1.29, 1.82) is 0 Å². The smallest absolute Gasteiger partial charge is 0.0443 e. The first-order valence-corrected chi connectivity index (χ1v) is 11.3. The molecule has 1 atom stereocenters. The van der Waals surface area contributed by atoms with Gasteiger partial charge in [-0.05, 0) is 5.92 Å². The average molecular weight is 325 g/mol. The first kappa shape index (κ1) is 23.0. The molecule has 0 rings (SSSR count). The van der Waals surface area contributed by atoms with Crippen LogP contribution in [-0.4, -0.2) is 0 Å². The van der Waals surface area contributed by atoms with E-state index in [4.69, 9.17) is 0 Å². The molecular formula is C23H48.